The Balaban J connectivity index is 2.14. The topological polar surface area (TPSA) is 55.1 Å². The standard InChI is InChI=1S/C15H12N4O/c1-2-19-14-10(5-3-7-16-14)12-13(20-9-18-12)11-6-4-8-17-15(11)19/h3-9H,2H2,1H3. The molecule has 0 N–H and O–H groups in total. The van der Waals surface area contributed by atoms with E-state index in [1.54, 1.807) is 12.4 Å². The van der Waals surface area contributed by atoms with E-state index in [4.69, 9.17) is 4.42 Å². The lowest BCUT2D eigenvalue weighted by Crippen LogP contribution is -2.19. The second kappa shape index (κ2) is 4.16. The Morgan fingerprint density at radius 3 is 2.45 bits per heavy atom. The molecule has 3 aromatic rings. The van der Waals surface area contributed by atoms with Crippen LogP contribution in [0.5, 0.6) is 0 Å². The number of oxazole rings is 1. The maximum absolute atomic E-state index is 5.61. The SMILES string of the molecule is CCN1c2ncccc2-c2ncoc2-c2cccnc21. The van der Waals surface area contributed by atoms with Gasteiger partial charge in [0, 0.05) is 24.5 Å². The van der Waals surface area contributed by atoms with Crippen molar-refractivity contribution in [3.05, 3.63) is 43.1 Å². The summed E-state index contributed by atoms with van der Waals surface area (Å²) in [4.78, 5) is 15.5. The number of aromatic nitrogens is 3. The van der Waals surface area contributed by atoms with E-state index in [1.807, 2.05) is 24.3 Å². The van der Waals surface area contributed by atoms with Crippen LogP contribution >= 0.6 is 0 Å². The van der Waals surface area contributed by atoms with Crippen LogP contribution in [0.4, 0.5) is 11.6 Å². The van der Waals surface area contributed by atoms with Crippen LogP contribution in [0, 0.1) is 0 Å². The van der Waals surface area contributed by atoms with Gasteiger partial charge in [0.05, 0.1) is 5.56 Å². The normalized spacial score (nSPS) is 12.3. The Morgan fingerprint density at radius 2 is 1.70 bits per heavy atom. The predicted molar refractivity (Wildman–Crippen MR) is 75.6 cm³/mol. The van der Waals surface area contributed by atoms with Crippen molar-refractivity contribution in [2.75, 3.05) is 11.4 Å². The zero-order valence-electron chi connectivity index (χ0n) is 10.9. The van der Waals surface area contributed by atoms with E-state index in [2.05, 4.69) is 26.8 Å². The fourth-order valence-corrected chi connectivity index (χ4v) is 2.62. The maximum Gasteiger partial charge on any atom is 0.182 e. The average molecular weight is 264 g/mol. The Morgan fingerprint density at radius 1 is 1.00 bits per heavy atom. The predicted octanol–water partition coefficient (Wildman–Crippen LogP) is 3.27. The summed E-state index contributed by atoms with van der Waals surface area (Å²) in [6.07, 6.45) is 5.04. The summed E-state index contributed by atoms with van der Waals surface area (Å²) >= 11 is 0. The van der Waals surface area contributed by atoms with Gasteiger partial charge >= 0.3 is 0 Å². The van der Waals surface area contributed by atoms with E-state index in [0.29, 0.717) is 0 Å². The van der Waals surface area contributed by atoms with Gasteiger partial charge in [-0.05, 0) is 31.2 Å². The molecule has 5 heteroatoms. The van der Waals surface area contributed by atoms with Crippen LogP contribution in [0.2, 0.25) is 0 Å². The molecule has 0 spiro atoms. The summed E-state index contributed by atoms with van der Waals surface area (Å²) in [5.41, 5.74) is 2.73. The fourth-order valence-electron chi connectivity index (χ4n) is 2.62. The lowest BCUT2D eigenvalue weighted by Gasteiger charge is -2.22. The van der Waals surface area contributed by atoms with E-state index < -0.39 is 0 Å². The quantitative estimate of drug-likeness (QED) is 0.675. The van der Waals surface area contributed by atoms with E-state index >= 15 is 0 Å². The molecule has 0 atom stereocenters. The number of pyridine rings is 2. The van der Waals surface area contributed by atoms with Crippen LogP contribution in [0.25, 0.3) is 22.6 Å². The van der Waals surface area contributed by atoms with Crippen LogP contribution in [-0.4, -0.2) is 21.5 Å². The van der Waals surface area contributed by atoms with Crippen LogP contribution in [-0.2, 0) is 0 Å². The van der Waals surface area contributed by atoms with E-state index in [-0.39, 0.29) is 0 Å². The van der Waals surface area contributed by atoms with Crippen LogP contribution in [0.1, 0.15) is 6.92 Å². The highest BCUT2D eigenvalue weighted by molar-refractivity contribution is 5.93. The summed E-state index contributed by atoms with van der Waals surface area (Å²) < 4.78 is 5.61. The minimum Gasteiger partial charge on any atom is -0.443 e. The number of fused-ring (bicyclic) bond motifs is 5. The first-order valence-corrected chi connectivity index (χ1v) is 6.52. The van der Waals surface area contributed by atoms with Gasteiger partial charge in [0.2, 0.25) is 0 Å². The highest BCUT2D eigenvalue weighted by Gasteiger charge is 2.28. The number of rotatable bonds is 1. The summed E-state index contributed by atoms with van der Waals surface area (Å²) in [6, 6.07) is 7.83. The monoisotopic (exact) mass is 264 g/mol. The first-order chi connectivity index (χ1) is 9.90. The number of hydrogen-bond acceptors (Lipinski definition) is 5. The number of hydrogen-bond donors (Lipinski definition) is 0. The van der Waals surface area contributed by atoms with Crippen molar-refractivity contribution in [2.24, 2.45) is 0 Å². The van der Waals surface area contributed by atoms with Gasteiger partial charge in [-0.15, -0.1) is 0 Å². The second-order valence-corrected chi connectivity index (χ2v) is 4.52. The highest BCUT2D eigenvalue weighted by atomic mass is 16.3. The third kappa shape index (κ3) is 1.40. The van der Waals surface area contributed by atoms with Gasteiger partial charge in [-0.25, -0.2) is 15.0 Å². The van der Waals surface area contributed by atoms with Gasteiger partial charge in [0.25, 0.3) is 0 Å². The summed E-state index contributed by atoms with van der Waals surface area (Å²) in [5, 5.41) is 0. The van der Waals surface area contributed by atoms with Crippen molar-refractivity contribution in [3.8, 4) is 22.6 Å². The minimum absolute atomic E-state index is 0.748. The van der Waals surface area contributed by atoms with Crippen LogP contribution < -0.4 is 4.90 Å². The van der Waals surface area contributed by atoms with Crippen molar-refractivity contribution >= 4 is 11.6 Å². The molecule has 0 aliphatic carbocycles. The molecule has 0 bridgehead atoms. The fraction of sp³-hybridized carbons (Fsp3) is 0.133. The Hall–Kier alpha value is -2.69. The molecule has 0 amide bonds. The van der Waals surface area contributed by atoms with Crippen molar-refractivity contribution < 1.29 is 4.42 Å². The van der Waals surface area contributed by atoms with E-state index in [0.717, 1.165) is 40.8 Å². The molecule has 0 fully saturated rings. The highest BCUT2D eigenvalue weighted by Crippen LogP contribution is 2.44. The molecule has 4 heterocycles. The first kappa shape index (κ1) is 11.2. The van der Waals surface area contributed by atoms with Crippen molar-refractivity contribution in [2.45, 2.75) is 6.92 Å². The lowest BCUT2D eigenvalue weighted by atomic mass is 10.1. The van der Waals surface area contributed by atoms with Crippen molar-refractivity contribution in [1.29, 1.82) is 0 Å². The molecular formula is C15H12N4O. The van der Waals surface area contributed by atoms with E-state index in [1.165, 1.54) is 6.39 Å². The molecule has 0 unspecified atom stereocenters. The van der Waals surface area contributed by atoms with Gasteiger partial charge in [-0.3, -0.25) is 0 Å². The molecule has 4 rings (SSSR count). The summed E-state index contributed by atoms with van der Waals surface area (Å²) in [5.74, 6) is 2.46. The molecule has 0 radical (unpaired) electrons. The Bertz CT molecular complexity index is 719. The molecule has 1 aliphatic rings. The molecule has 3 aromatic heterocycles. The largest absolute Gasteiger partial charge is 0.443 e. The Kier molecular flexibility index (Phi) is 2.32. The third-order valence-electron chi connectivity index (χ3n) is 3.47. The second-order valence-electron chi connectivity index (χ2n) is 4.52. The van der Waals surface area contributed by atoms with Gasteiger partial charge < -0.3 is 9.32 Å². The molecule has 1 aliphatic heterocycles. The smallest absolute Gasteiger partial charge is 0.182 e. The molecule has 0 saturated carbocycles. The van der Waals surface area contributed by atoms with Crippen molar-refractivity contribution in [3.63, 3.8) is 0 Å². The Labute approximate surface area is 115 Å². The van der Waals surface area contributed by atoms with Crippen LogP contribution in [0.3, 0.4) is 0 Å². The minimum atomic E-state index is 0.748. The van der Waals surface area contributed by atoms with Crippen LogP contribution in [0.15, 0.2) is 47.5 Å². The van der Waals surface area contributed by atoms with Crippen molar-refractivity contribution in [1.82, 2.24) is 15.0 Å². The zero-order valence-corrected chi connectivity index (χ0v) is 10.9. The molecular weight excluding hydrogens is 252 g/mol. The molecule has 98 valence electrons. The molecule has 0 saturated heterocycles. The average Bonchev–Trinajstić information content (AvgIpc) is 2.95. The summed E-state index contributed by atoms with van der Waals surface area (Å²) in [6.45, 7) is 2.86. The molecule has 0 aromatic carbocycles. The zero-order chi connectivity index (χ0) is 13.5. The van der Waals surface area contributed by atoms with Gasteiger partial charge in [0.1, 0.15) is 17.3 Å². The maximum atomic E-state index is 5.61. The van der Waals surface area contributed by atoms with Gasteiger partial charge in [-0.1, -0.05) is 0 Å². The van der Waals surface area contributed by atoms with E-state index in [9.17, 15) is 0 Å². The van der Waals surface area contributed by atoms with Gasteiger partial charge in [0.15, 0.2) is 12.2 Å². The molecule has 5 nitrogen and oxygen atoms in total. The third-order valence-corrected chi connectivity index (χ3v) is 3.47. The summed E-state index contributed by atoms with van der Waals surface area (Å²) in [7, 11) is 0. The lowest BCUT2D eigenvalue weighted by molar-refractivity contribution is 0.572. The molecule has 20 heavy (non-hydrogen) atoms. The number of nitrogens with zero attached hydrogens (tertiary/aromatic N) is 4. The van der Waals surface area contributed by atoms with Gasteiger partial charge in [-0.2, -0.15) is 0 Å². The number of anilines is 2. The first-order valence-electron chi connectivity index (χ1n) is 6.52.